The molecule has 0 bridgehead atoms. The van der Waals surface area contributed by atoms with Crippen LogP contribution in [-0.4, -0.2) is 4.98 Å². The monoisotopic (exact) mass is 541 g/mol. The van der Waals surface area contributed by atoms with E-state index in [0.29, 0.717) is 0 Å². The van der Waals surface area contributed by atoms with Crippen LogP contribution in [0, 0.1) is 0 Å². The first-order valence-corrected chi connectivity index (χ1v) is 13.8. The van der Waals surface area contributed by atoms with E-state index >= 15 is 0 Å². The van der Waals surface area contributed by atoms with Crippen molar-refractivity contribution in [3.05, 3.63) is 139 Å². The van der Waals surface area contributed by atoms with E-state index < -0.39 is 11.7 Å². The van der Waals surface area contributed by atoms with Crippen molar-refractivity contribution in [2.45, 2.75) is 24.9 Å². The second-order valence-corrected chi connectivity index (χ2v) is 10.8. The molecule has 1 aliphatic carbocycles. The molecule has 0 aliphatic heterocycles. The van der Waals surface area contributed by atoms with E-state index in [1.165, 1.54) is 41.7 Å². The van der Waals surface area contributed by atoms with Crippen molar-refractivity contribution in [1.29, 1.82) is 0 Å². The number of hydrogen-bond acceptors (Lipinski definition) is 1. The van der Waals surface area contributed by atoms with Gasteiger partial charge in [-0.1, -0.05) is 97.1 Å². The van der Waals surface area contributed by atoms with Crippen LogP contribution in [0.2, 0.25) is 0 Å². The predicted octanol–water partition coefficient (Wildman–Crippen LogP) is 10.8. The van der Waals surface area contributed by atoms with E-state index in [0.717, 1.165) is 62.3 Å². The van der Waals surface area contributed by atoms with Crippen LogP contribution in [0.15, 0.2) is 128 Å². The Hall–Kier alpha value is -4.70. The predicted molar refractivity (Wildman–Crippen MR) is 160 cm³/mol. The van der Waals surface area contributed by atoms with Crippen molar-refractivity contribution in [3.8, 4) is 44.5 Å². The summed E-state index contributed by atoms with van der Waals surface area (Å²) in [6.45, 7) is 0. The molecule has 1 aliphatic rings. The molecule has 0 spiro atoms. The minimum Gasteiger partial charge on any atom is -0.256 e. The van der Waals surface area contributed by atoms with Crippen LogP contribution < -0.4 is 0 Å². The molecule has 1 nitrogen and oxygen atoms in total. The van der Waals surface area contributed by atoms with E-state index in [1.807, 2.05) is 30.5 Å². The number of nitrogens with zero attached hydrogens (tertiary/aromatic N) is 1. The van der Waals surface area contributed by atoms with Crippen molar-refractivity contribution < 1.29 is 13.2 Å². The third kappa shape index (κ3) is 5.26. The number of benzene rings is 5. The first-order chi connectivity index (χ1) is 19.9. The maximum absolute atomic E-state index is 12.9. The van der Waals surface area contributed by atoms with Gasteiger partial charge in [-0.05, 0) is 87.5 Å². The van der Waals surface area contributed by atoms with Crippen LogP contribution >= 0.6 is 0 Å². The standard InChI is InChI=1S/C37H26F3N/c38-37(39,40)35-19-17-29(18-20-35)28-7-11-30(12-8-28)32-15-16-33-21-34(23-41-36(33)22-32)31-13-9-27(10-14-31)26-5-3-25(4-6-26)24-1-2-24/h3-24H,1-2H2. The lowest BCUT2D eigenvalue weighted by atomic mass is 9.97. The van der Waals surface area contributed by atoms with Crippen LogP contribution in [0.5, 0.6) is 0 Å². The fourth-order valence-corrected chi connectivity index (χ4v) is 5.39. The van der Waals surface area contributed by atoms with Gasteiger partial charge in [0.05, 0.1) is 11.1 Å². The zero-order chi connectivity index (χ0) is 28.0. The molecule has 0 radical (unpaired) electrons. The average molecular weight is 542 g/mol. The van der Waals surface area contributed by atoms with Crippen molar-refractivity contribution in [3.63, 3.8) is 0 Å². The van der Waals surface area contributed by atoms with E-state index in [9.17, 15) is 13.2 Å². The van der Waals surface area contributed by atoms with E-state index in [2.05, 4.69) is 72.8 Å². The molecule has 7 rings (SSSR count). The van der Waals surface area contributed by atoms with Crippen molar-refractivity contribution in [2.75, 3.05) is 0 Å². The van der Waals surface area contributed by atoms with Crippen LogP contribution in [0.1, 0.15) is 29.9 Å². The molecule has 1 saturated carbocycles. The highest BCUT2D eigenvalue weighted by molar-refractivity contribution is 5.88. The quantitative estimate of drug-likeness (QED) is 0.212. The van der Waals surface area contributed by atoms with Gasteiger partial charge >= 0.3 is 6.18 Å². The number of pyridine rings is 1. The second-order valence-electron chi connectivity index (χ2n) is 10.8. The average Bonchev–Trinajstić information content (AvgIpc) is 3.86. The number of halogens is 3. The highest BCUT2D eigenvalue weighted by atomic mass is 19.4. The summed E-state index contributed by atoms with van der Waals surface area (Å²) in [4.78, 5) is 4.76. The van der Waals surface area contributed by atoms with Crippen LogP contribution in [-0.2, 0) is 6.18 Å². The normalized spacial score (nSPS) is 13.4. The Kier molecular flexibility index (Phi) is 6.19. The summed E-state index contributed by atoms with van der Waals surface area (Å²) in [5, 5.41) is 1.06. The Bertz CT molecular complexity index is 1830. The Morgan fingerprint density at radius 2 is 0.927 bits per heavy atom. The molecule has 0 unspecified atom stereocenters. The molecule has 0 N–H and O–H groups in total. The van der Waals surface area contributed by atoms with E-state index in [1.54, 1.807) is 0 Å². The van der Waals surface area contributed by atoms with E-state index in [4.69, 9.17) is 4.98 Å². The van der Waals surface area contributed by atoms with Crippen molar-refractivity contribution >= 4 is 10.9 Å². The first kappa shape index (κ1) is 25.3. The van der Waals surface area contributed by atoms with Gasteiger partial charge < -0.3 is 0 Å². The van der Waals surface area contributed by atoms with Gasteiger partial charge in [0, 0.05) is 17.1 Å². The zero-order valence-corrected chi connectivity index (χ0v) is 22.2. The summed E-state index contributed by atoms with van der Waals surface area (Å²) in [7, 11) is 0. The Balaban J connectivity index is 1.09. The molecule has 1 heterocycles. The molecular formula is C37H26F3N. The highest BCUT2D eigenvalue weighted by Gasteiger charge is 2.30. The van der Waals surface area contributed by atoms with Gasteiger partial charge in [-0.15, -0.1) is 0 Å². The summed E-state index contributed by atoms with van der Waals surface area (Å²) in [6.07, 6.45) is 0.215. The first-order valence-electron chi connectivity index (χ1n) is 13.8. The smallest absolute Gasteiger partial charge is 0.256 e. The Morgan fingerprint density at radius 1 is 0.488 bits per heavy atom. The van der Waals surface area contributed by atoms with Gasteiger partial charge in [0.1, 0.15) is 0 Å². The molecular weight excluding hydrogens is 515 g/mol. The maximum atomic E-state index is 12.9. The lowest BCUT2D eigenvalue weighted by Crippen LogP contribution is -2.03. The lowest BCUT2D eigenvalue weighted by molar-refractivity contribution is -0.137. The summed E-state index contributed by atoms with van der Waals surface area (Å²) < 4.78 is 38.6. The number of hydrogen-bond donors (Lipinski definition) is 0. The number of rotatable bonds is 5. The fourth-order valence-electron chi connectivity index (χ4n) is 5.39. The van der Waals surface area contributed by atoms with Gasteiger partial charge in [-0.3, -0.25) is 4.98 Å². The summed E-state index contributed by atoms with van der Waals surface area (Å²) in [6, 6.07) is 39.1. The highest BCUT2D eigenvalue weighted by Crippen LogP contribution is 2.40. The molecule has 4 heteroatoms. The van der Waals surface area contributed by atoms with Crippen molar-refractivity contribution in [2.24, 2.45) is 0 Å². The summed E-state index contributed by atoms with van der Waals surface area (Å²) in [5.41, 5.74) is 10.0. The molecule has 0 amide bonds. The zero-order valence-electron chi connectivity index (χ0n) is 22.2. The minimum atomic E-state index is -4.33. The largest absolute Gasteiger partial charge is 0.416 e. The van der Waals surface area contributed by atoms with Crippen molar-refractivity contribution in [1.82, 2.24) is 4.98 Å². The molecule has 5 aromatic carbocycles. The third-order valence-electron chi connectivity index (χ3n) is 7.96. The van der Waals surface area contributed by atoms with Gasteiger partial charge in [-0.25, -0.2) is 0 Å². The molecule has 1 aromatic heterocycles. The summed E-state index contributed by atoms with van der Waals surface area (Å²) in [5.74, 6) is 0.768. The molecule has 6 aromatic rings. The fraction of sp³-hybridized carbons (Fsp3) is 0.108. The number of alkyl halides is 3. The van der Waals surface area contributed by atoms with Crippen LogP contribution in [0.25, 0.3) is 55.4 Å². The second kappa shape index (κ2) is 10.0. The molecule has 0 saturated heterocycles. The van der Waals surface area contributed by atoms with E-state index in [-0.39, 0.29) is 0 Å². The lowest BCUT2D eigenvalue weighted by Gasteiger charge is -2.09. The summed E-state index contributed by atoms with van der Waals surface area (Å²) >= 11 is 0. The van der Waals surface area contributed by atoms with Gasteiger partial charge in [0.25, 0.3) is 0 Å². The van der Waals surface area contributed by atoms with Crippen LogP contribution in [0.4, 0.5) is 13.2 Å². The number of fused-ring (bicyclic) bond motifs is 1. The maximum Gasteiger partial charge on any atom is 0.416 e. The Labute approximate surface area is 237 Å². The Morgan fingerprint density at radius 3 is 1.44 bits per heavy atom. The van der Waals surface area contributed by atoms with Gasteiger partial charge in [0.2, 0.25) is 0 Å². The topological polar surface area (TPSA) is 12.9 Å². The molecule has 41 heavy (non-hydrogen) atoms. The SMILES string of the molecule is FC(F)(F)c1ccc(-c2ccc(-c3ccc4cc(-c5ccc(-c6ccc(C7CC7)cc6)cc5)cnc4c3)cc2)cc1. The molecule has 0 atom stereocenters. The van der Waals surface area contributed by atoms with Gasteiger partial charge in [-0.2, -0.15) is 13.2 Å². The van der Waals surface area contributed by atoms with Crippen LogP contribution in [0.3, 0.4) is 0 Å². The molecule has 200 valence electrons. The molecule has 1 fully saturated rings. The minimum absolute atomic E-state index is 0.643. The third-order valence-corrected chi connectivity index (χ3v) is 7.96. The van der Waals surface area contributed by atoms with Gasteiger partial charge in [0.15, 0.2) is 0 Å². The number of aromatic nitrogens is 1.